The van der Waals surface area contributed by atoms with Gasteiger partial charge >= 0.3 is 0 Å². The Morgan fingerprint density at radius 2 is 1.90 bits per heavy atom. The van der Waals surface area contributed by atoms with Crippen molar-refractivity contribution in [1.82, 2.24) is 20.2 Å². The van der Waals surface area contributed by atoms with Crippen LogP contribution >= 0.6 is 0 Å². The molecule has 2 aromatic rings. The zero-order valence-corrected chi connectivity index (χ0v) is 11.7. The second-order valence-electron chi connectivity index (χ2n) is 5.10. The van der Waals surface area contributed by atoms with Crippen molar-refractivity contribution in [2.24, 2.45) is 0 Å². The Morgan fingerprint density at radius 3 is 2.57 bits per heavy atom. The highest BCUT2D eigenvalue weighted by Gasteiger charge is 2.15. The van der Waals surface area contributed by atoms with Gasteiger partial charge in [-0.2, -0.15) is 4.98 Å². The van der Waals surface area contributed by atoms with Crippen LogP contribution in [-0.2, 0) is 6.54 Å². The van der Waals surface area contributed by atoms with E-state index >= 15 is 0 Å². The Hall–Kier alpha value is -2.18. The molecule has 0 radical (unpaired) electrons. The smallest absolute Gasteiger partial charge is 0.262 e. The minimum atomic E-state index is -0.307. The van der Waals surface area contributed by atoms with Crippen LogP contribution in [0.15, 0.2) is 35.1 Å². The molecule has 1 aromatic heterocycles. The molecule has 1 saturated heterocycles. The number of aromatic hydroxyl groups is 1. The van der Waals surface area contributed by atoms with Crippen molar-refractivity contribution in [3.05, 3.63) is 46.5 Å². The summed E-state index contributed by atoms with van der Waals surface area (Å²) in [6.07, 6.45) is 0. The van der Waals surface area contributed by atoms with Crippen molar-refractivity contribution in [3.63, 3.8) is 0 Å². The predicted octanol–water partition coefficient (Wildman–Crippen LogP) is 0.548. The summed E-state index contributed by atoms with van der Waals surface area (Å²) in [4.78, 5) is 21.3. The Morgan fingerprint density at radius 1 is 1.19 bits per heavy atom. The average molecular weight is 286 g/mol. The molecule has 1 aromatic carbocycles. The Bertz CT molecular complexity index is 663. The number of H-pyrrole nitrogens is 1. The lowest BCUT2D eigenvalue weighted by Crippen LogP contribution is -2.43. The van der Waals surface area contributed by atoms with E-state index in [0.29, 0.717) is 17.9 Å². The first-order valence-corrected chi connectivity index (χ1v) is 7.04. The van der Waals surface area contributed by atoms with Crippen molar-refractivity contribution in [2.75, 3.05) is 26.2 Å². The zero-order valence-electron chi connectivity index (χ0n) is 11.7. The van der Waals surface area contributed by atoms with Crippen LogP contribution in [-0.4, -0.2) is 46.2 Å². The third-order valence-corrected chi connectivity index (χ3v) is 3.59. The molecule has 0 amide bonds. The third-order valence-electron chi connectivity index (χ3n) is 3.59. The maximum Gasteiger partial charge on any atom is 0.262 e. The van der Waals surface area contributed by atoms with Gasteiger partial charge in [0.25, 0.3) is 5.56 Å². The number of nitrogens with zero attached hydrogens (tertiary/aromatic N) is 2. The standard InChI is InChI=1S/C15H18N4O2/c20-14-13(11-4-2-1-3-5-11)15(21)18-12(17-14)10-19-8-6-16-7-9-19/h1-5,16H,6-10H2,(H2,17,18,20,21). The molecular formula is C15H18N4O2. The molecule has 0 aliphatic carbocycles. The maximum absolute atomic E-state index is 12.2. The lowest BCUT2D eigenvalue weighted by molar-refractivity contribution is 0.227. The van der Waals surface area contributed by atoms with Crippen LogP contribution in [0.2, 0.25) is 0 Å². The Kier molecular flexibility index (Phi) is 3.98. The summed E-state index contributed by atoms with van der Waals surface area (Å²) in [5.41, 5.74) is 0.580. The van der Waals surface area contributed by atoms with Gasteiger partial charge < -0.3 is 15.4 Å². The Balaban J connectivity index is 1.87. The van der Waals surface area contributed by atoms with Gasteiger partial charge in [-0.15, -0.1) is 0 Å². The molecular weight excluding hydrogens is 268 g/mol. The van der Waals surface area contributed by atoms with Gasteiger partial charge in [-0.25, -0.2) is 0 Å². The van der Waals surface area contributed by atoms with Gasteiger partial charge in [-0.05, 0) is 5.56 Å². The van der Waals surface area contributed by atoms with Crippen molar-refractivity contribution < 1.29 is 5.11 Å². The number of piperazine rings is 1. The van der Waals surface area contributed by atoms with Crippen LogP contribution in [0.25, 0.3) is 11.1 Å². The van der Waals surface area contributed by atoms with Crippen LogP contribution in [0.1, 0.15) is 5.82 Å². The molecule has 6 nitrogen and oxygen atoms in total. The van der Waals surface area contributed by atoms with Crippen LogP contribution in [0, 0.1) is 0 Å². The molecule has 1 aliphatic heterocycles. The number of hydrogen-bond donors (Lipinski definition) is 3. The number of nitrogens with one attached hydrogen (secondary N) is 2. The van der Waals surface area contributed by atoms with E-state index in [9.17, 15) is 9.90 Å². The number of aromatic nitrogens is 2. The summed E-state index contributed by atoms with van der Waals surface area (Å²) < 4.78 is 0. The minimum Gasteiger partial charge on any atom is -0.493 e. The quantitative estimate of drug-likeness (QED) is 0.767. The van der Waals surface area contributed by atoms with Gasteiger partial charge in [0.1, 0.15) is 11.4 Å². The van der Waals surface area contributed by atoms with E-state index in [4.69, 9.17) is 0 Å². The monoisotopic (exact) mass is 286 g/mol. The summed E-state index contributed by atoms with van der Waals surface area (Å²) in [7, 11) is 0. The number of rotatable bonds is 3. The van der Waals surface area contributed by atoms with Gasteiger partial charge in [0.2, 0.25) is 5.88 Å². The van der Waals surface area contributed by atoms with Crippen LogP contribution in [0.5, 0.6) is 5.88 Å². The first-order chi connectivity index (χ1) is 10.2. The van der Waals surface area contributed by atoms with E-state index < -0.39 is 0 Å². The van der Waals surface area contributed by atoms with Gasteiger partial charge in [0.05, 0.1) is 6.54 Å². The summed E-state index contributed by atoms with van der Waals surface area (Å²) in [6, 6.07) is 9.07. The first-order valence-electron chi connectivity index (χ1n) is 7.04. The molecule has 1 fully saturated rings. The van der Waals surface area contributed by atoms with Crippen LogP contribution < -0.4 is 10.9 Å². The maximum atomic E-state index is 12.2. The summed E-state index contributed by atoms with van der Waals surface area (Å²) in [6.45, 7) is 4.21. The zero-order chi connectivity index (χ0) is 14.7. The minimum absolute atomic E-state index is 0.213. The predicted molar refractivity (Wildman–Crippen MR) is 80.1 cm³/mol. The van der Waals surface area contributed by atoms with Crippen LogP contribution in [0.3, 0.4) is 0 Å². The fourth-order valence-corrected chi connectivity index (χ4v) is 2.53. The second kappa shape index (κ2) is 6.07. The van der Waals surface area contributed by atoms with Gasteiger partial charge in [0, 0.05) is 26.2 Å². The summed E-state index contributed by atoms with van der Waals surface area (Å²) in [5, 5.41) is 13.4. The molecule has 1 aliphatic rings. The third kappa shape index (κ3) is 3.12. The largest absolute Gasteiger partial charge is 0.493 e. The van der Waals surface area contributed by atoms with Crippen molar-refractivity contribution in [1.29, 1.82) is 0 Å². The van der Waals surface area contributed by atoms with Gasteiger partial charge in [-0.1, -0.05) is 30.3 Å². The number of aromatic amines is 1. The molecule has 0 atom stereocenters. The summed E-state index contributed by atoms with van der Waals surface area (Å²) >= 11 is 0. The second-order valence-corrected chi connectivity index (χ2v) is 5.10. The lowest BCUT2D eigenvalue weighted by atomic mass is 10.1. The normalized spacial score (nSPS) is 16.0. The van der Waals surface area contributed by atoms with Gasteiger partial charge in [-0.3, -0.25) is 9.69 Å². The van der Waals surface area contributed by atoms with E-state index in [0.717, 1.165) is 26.2 Å². The van der Waals surface area contributed by atoms with Crippen molar-refractivity contribution in [3.8, 4) is 17.0 Å². The summed E-state index contributed by atoms with van der Waals surface area (Å²) in [5.74, 6) is 0.286. The molecule has 3 N–H and O–H groups in total. The van der Waals surface area contributed by atoms with Crippen molar-refractivity contribution in [2.45, 2.75) is 6.54 Å². The Labute approximate surface area is 122 Å². The molecule has 3 rings (SSSR count). The molecule has 6 heteroatoms. The van der Waals surface area contributed by atoms with E-state index in [1.807, 2.05) is 18.2 Å². The SMILES string of the molecule is O=c1[nH]c(CN2CCNCC2)nc(O)c1-c1ccccc1. The van der Waals surface area contributed by atoms with E-state index in [2.05, 4.69) is 20.2 Å². The number of hydrogen-bond acceptors (Lipinski definition) is 5. The molecule has 0 bridgehead atoms. The number of benzene rings is 1. The highest BCUT2D eigenvalue weighted by atomic mass is 16.3. The topological polar surface area (TPSA) is 81.2 Å². The molecule has 0 unspecified atom stereocenters. The highest BCUT2D eigenvalue weighted by Crippen LogP contribution is 2.22. The van der Waals surface area contributed by atoms with Crippen LogP contribution in [0.4, 0.5) is 0 Å². The van der Waals surface area contributed by atoms with E-state index in [1.165, 1.54) is 0 Å². The van der Waals surface area contributed by atoms with E-state index in [-0.39, 0.29) is 17.0 Å². The van der Waals surface area contributed by atoms with E-state index in [1.54, 1.807) is 12.1 Å². The molecule has 21 heavy (non-hydrogen) atoms. The molecule has 0 saturated carbocycles. The highest BCUT2D eigenvalue weighted by molar-refractivity contribution is 5.66. The average Bonchev–Trinajstić information content (AvgIpc) is 2.49. The fourth-order valence-electron chi connectivity index (χ4n) is 2.53. The fraction of sp³-hybridized carbons (Fsp3) is 0.333. The molecule has 0 spiro atoms. The molecule has 110 valence electrons. The first kappa shape index (κ1) is 13.8. The van der Waals surface area contributed by atoms with Gasteiger partial charge in [0.15, 0.2) is 0 Å². The van der Waals surface area contributed by atoms with Crippen molar-refractivity contribution >= 4 is 0 Å². The molecule has 2 heterocycles. The lowest BCUT2D eigenvalue weighted by Gasteiger charge is -2.26.